The Bertz CT molecular complexity index is 432. The van der Waals surface area contributed by atoms with Gasteiger partial charge in [-0.3, -0.25) is 0 Å². The summed E-state index contributed by atoms with van der Waals surface area (Å²) < 4.78 is 4.65. The van der Waals surface area contributed by atoms with Gasteiger partial charge < -0.3 is 15.4 Å². The van der Waals surface area contributed by atoms with Crippen LogP contribution in [0, 0.1) is 0 Å². The van der Waals surface area contributed by atoms with Crippen molar-refractivity contribution in [2.45, 2.75) is 26.3 Å². The molecule has 1 aromatic rings. The molecular formula is C13H18N2O3. The summed E-state index contributed by atoms with van der Waals surface area (Å²) >= 11 is 0. The summed E-state index contributed by atoms with van der Waals surface area (Å²) in [4.78, 5) is 23.2. The van der Waals surface area contributed by atoms with Crippen molar-refractivity contribution in [2.75, 3.05) is 12.4 Å². The van der Waals surface area contributed by atoms with Crippen LogP contribution in [0.5, 0.6) is 0 Å². The lowest BCUT2D eigenvalue weighted by molar-refractivity contribution is 0.0602. The normalized spacial score (nSPS) is 11.5. The van der Waals surface area contributed by atoms with Crippen molar-refractivity contribution < 1.29 is 14.3 Å². The molecule has 1 atom stereocenters. The van der Waals surface area contributed by atoms with E-state index in [2.05, 4.69) is 15.4 Å². The van der Waals surface area contributed by atoms with E-state index in [1.807, 2.05) is 13.8 Å². The highest BCUT2D eigenvalue weighted by molar-refractivity contribution is 6.00. The first-order chi connectivity index (χ1) is 8.58. The Hall–Kier alpha value is -2.04. The second-order valence-electron chi connectivity index (χ2n) is 3.94. The van der Waals surface area contributed by atoms with Crippen molar-refractivity contribution >= 4 is 17.7 Å². The van der Waals surface area contributed by atoms with Crippen LogP contribution in [0.2, 0.25) is 0 Å². The van der Waals surface area contributed by atoms with Crippen molar-refractivity contribution in [3.63, 3.8) is 0 Å². The van der Waals surface area contributed by atoms with E-state index in [4.69, 9.17) is 0 Å². The van der Waals surface area contributed by atoms with Crippen molar-refractivity contribution in [3.8, 4) is 0 Å². The molecule has 1 aromatic carbocycles. The Morgan fingerprint density at radius 3 is 2.61 bits per heavy atom. The third kappa shape index (κ3) is 3.76. The molecule has 0 fully saturated rings. The Kier molecular flexibility index (Phi) is 5.17. The van der Waals surface area contributed by atoms with Gasteiger partial charge in [0.05, 0.1) is 18.4 Å². The maximum Gasteiger partial charge on any atom is 0.339 e. The average molecular weight is 250 g/mol. The second-order valence-corrected chi connectivity index (χ2v) is 3.94. The molecule has 0 bridgehead atoms. The molecule has 0 aliphatic carbocycles. The fourth-order valence-corrected chi connectivity index (χ4v) is 1.36. The first-order valence-corrected chi connectivity index (χ1v) is 5.83. The number of hydrogen-bond acceptors (Lipinski definition) is 3. The molecule has 5 nitrogen and oxygen atoms in total. The fourth-order valence-electron chi connectivity index (χ4n) is 1.36. The molecule has 0 saturated heterocycles. The summed E-state index contributed by atoms with van der Waals surface area (Å²) in [5.41, 5.74) is 0.768. The topological polar surface area (TPSA) is 67.4 Å². The number of carbonyl (C=O) groups excluding carboxylic acids is 2. The number of carbonyl (C=O) groups is 2. The number of nitrogens with one attached hydrogen (secondary N) is 2. The van der Waals surface area contributed by atoms with E-state index in [1.165, 1.54) is 7.11 Å². The van der Waals surface area contributed by atoms with E-state index >= 15 is 0 Å². The molecule has 98 valence electrons. The number of hydrogen-bond donors (Lipinski definition) is 2. The van der Waals surface area contributed by atoms with Gasteiger partial charge in [-0.1, -0.05) is 19.1 Å². The van der Waals surface area contributed by atoms with Crippen LogP contribution in [0.1, 0.15) is 30.6 Å². The van der Waals surface area contributed by atoms with Gasteiger partial charge in [-0.2, -0.15) is 0 Å². The lowest BCUT2D eigenvalue weighted by atomic mass is 10.2. The highest BCUT2D eigenvalue weighted by Gasteiger charge is 2.13. The molecule has 5 heteroatoms. The fraction of sp³-hybridized carbons (Fsp3) is 0.385. The number of urea groups is 1. The van der Waals surface area contributed by atoms with Gasteiger partial charge in [0.25, 0.3) is 0 Å². The number of ether oxygens (including phenoxy) is 1. The van der Waals surface area contributed by atoms with Crippen molar-refractivity contribution in [1.82, 2.24) is 5.32 Å². The van der Waals surface area contributed by atoms with E-state index in [1.54, 1.807) is 24.3 Å². The van der Waals surface area contributed by atoms with E-state index in [9.17, 15) is 9.59 Å². The molecule has 0 aliphatic rings. The first-order valence-electron chi connectivity index (χ1n) is 5.83. The van der Waals surface area contributed by atoms with Gasteiger partial charge in [0.2, 0.25) is 0 Å². The summed E-state index contributed by atoms with van der Waals surface area (Å²) in [7, 11) is 1.30. The first kappa shape index (κ1) is 14.0. The molecule has 0 aromatic heterocycles. The van der Waals surface area contributed by atoms with Gasteiger partial charge >= 0.3 is 12.0 Å². The summed E-state index contributed by atoms with van der Waals surface area (Å²) in [6.45, 7) is 3.89. The van der Waals surface area contributed by atoms with Crippen molar-refractivity contribution in [3.05, 3.63) is 29.8 Å². The molecule has 0 aliphatic heterocycles. The number of esters is 1. The maximum absolute atomic E-state index is 11.7. The highest BCUT2D eigenvalue weighted by atomic mass is 16.5. The minimum atomic E-state index is -0.477. The summed E-state index contributed by atoms with van der Waals surface area (Å²) in [5, 5.41) is 5.40. The number of benzene rings is 1. The van der Waals surface area contributed by atoms with Gasteiger partial charge in [0.15, 0.2) is 0 Å². The van der Waals surface area contributed by atoms with Gasteiger partial charge in [0, 0.05) is 6.04 Å². The van der Waals surface area contributed by atoms with Gasteiger partial charge in [-0.05, 0) is 25.5 Å². The molecule has 18 heavy (non-hydrogen) atoms. The third-order valence-corrected chi connectivity index (χ3v) is 2.57. The zero-order valence-corrected chi connectivity index (χ0v) is 10.8. The van der Waals surface area contributed by atoms with Crippen molar-refractivity contribution in [2.24, 2.45) is 0 Å². The van der Waals surface area contributed by atoms with Crippen LogP contribution < -0.4 is 10.6 Å². The Morgan fingerprint density at radius 1 is 1.33 bits per heavy atom. The van der Waals surface area contributed by atoms with Crippen LogP contribution in [0.4, 0.5) is 10.5 Å². The Morgan fingerprint density at radius 2 is 2.00 bits per heavy atom. The monoisotopic (exact) mass is 250 g/mol. The third-order valence-electron chi connectivity index (χ3n) is 2.57. The number of methoxy groups -OCH3 is 1. The van der Waals surface area contributed by atoms with Crippen LogP contribution in [0.15, 0.2) is 24.3 Å². The van der Waals surface area contributed by atoms with E-state index < -0.39 is 5.97 Å². The molecular weight excluding hydrogens is 232 g/mol. The number of para-hydroxylation sites is 1. The molecule has 1 unspecified atom stereocenters. The van der Waals surface area contributed by atoms with Crippen molar-refractivity contribution in [1.29, 1.82) is 0 Å². The van der Waals surface area contributed by atoms with Crippen LogP contribution in [-0.2, 0) is 4.74 Å². The molecule has 0 heterocycles. The molecule has 0 radical (unpaired) electrons. The average Bonchev–Trinajstić information content (AvgIpc) is 2.38. The zero-order valence-electron chi connectivity index (χ0n) is 10.8. The molecule has 0 saturated carbocycles. The zero-order chi connectivity index (χ0) is 13.5. The maximum atomic E-state index is 11.7. The smallest absolute Gasteiger partial charge is 0.339 e. The lowest BCUT2D eigenvalue weighted by Crippen LogP contribution is -2.36. The number of rotatable bonds is 4. The second kappa shape index (κ2) is 6.64. The van der Waals surface area contributed by atoms with E-state index in [-0.39, 0.29) is 12.1 Å². The summed E-state index contributed by atoms with van der Waals surface area (Å²) in [6, 6.07) is 6.46. The quantitative estimate of drug-likeness (QED) is 0.806. The predicted molar refractivity (Wildman–Crippen MR) is 69.7 cm³/mol. The molecule has 2 N–H and O–H groups in total. The van der Waals surface area contributed by atoms with E-state index in [0.29, 0.717) is 11.3 Å². The minimum absolute atomic E-state index is 0.0790. The Labute approximate surface area is 107 Å². The molecule has 2 amide bonds. The van der Waals surface area contributed by atoms with E-state index in [0.717, 1.165) is 6.42 Å². The summed E-state index contributed by atoms with van der Waals surface area (Å²) in [6.07, 6.45) is 0.839. The molecule has 0 spiro atoms. The largest absolute Gasteiger partial charge is 0.465 e. The minimum Gasteiger partial charge on any atom is -0.465 e. The number of amides is 2. The number of anilines is 1. The van der Waals surface area contributed by atoms with Gasteiger partial charge in [-0.25, -0.2) is 9.59 Å². The van der Waals surface area contributed by atoms with Crippen LogP contribution >= 0.6 is 0 Å². The lowest BCUT2D eigenvalue weighted by Gasteiger charge is -2.14. The highest BCUT2D eigenvalue weighted by Crippen LogP contribution is 2.15. The SMILES string of the molecule is CCC(C)NC(=O)Nc1ccccc1C(=O)OC. The predicted octanol–water partition coefficient (Wildman–Crippen LogP) is 2.39. The van der Waals surface area contributed by atoms with Gasteiger partial charge in [-0.15, -0.1) is 0 Å². The van der Waals surface area contributed by atoms with Gasteiger partial charge in [0.1, 0.15) is 0 Å². The Balaban J connectivity index is 2.78. The van der Waals surface area contributed by atoms with Crippen LogP contribution in [0.25, 0.3) is 0 Å². The van der Waals surface area contributed by atoms with Crippen LogP contribution in [-0.4, -0.2) is 25.2 Å². The summed E-state index contributed by atoms with van der Waals surface area (Å²) in [5.74, 6) is -0.477. The van der Waals surface area contributed by atoms with Crippen LogP contribution in [0.3, 0.4) is 0 Å². The standard InChI is InChI=1S/C13H18N2O3/c1-4-9(2)14-13(17)15-11-8-6-5-7-10(11)12(16)18-3/h5-9H,4H2,1-3H3,(H2,14,15,17). The molecule has 1 rings (SSSR count).